The van der Waals surface area contributed by atoms with Crippen LogP contribution < -0.4 is 5.32 Å². The lowest BCUT2D eigenvalue weighted by molar-refractivity contribution is -0.186. The Morgan fingerprint density at radius 1 is 1.07 bits per heavy atom. The fourth-order valence-electron chi connectivity index (χ4n) is 4.12. The Kier molecular flexibility index (Phi) is 5.26. The van der Waals surface area contributed by atoms with E-state index in [1.807, 2.05) is 0 Å². The van der Waals surface area contributed by atoms with Crippen molar-refractivity contribution in [3.63, 3.8) is 0 Å². The average molecular weight is 416 g/mol. The largest absolute Gasteiger partial charge is 0.442 e. The molecule has 30 heavy (non-hydrogen) atoms. The van der Waals surface area contributed by atoms with Crippen molar-refractivity contribution in [3.8, 4) is 0 Å². The number of aryl methyl sites for hydroxylation is 1. The van der Waals surface area contributed by atoms with Gasteiger partial charge in [0.25, 0.3) is 5.91 Å². The summed E-state index contributed by atoms with van der Waals surface area (Å²) in [6.07, 6.45) is 0.538. The van der Waals surface area contributed by atoms with Crippen LogP contribution in [-0.4, -0.2) is 39.5 Å². The van der Waals surface area contributed by atoms with Crippen LogP contribution in [0.1, 0.15) is 43.2 Å². The third-order valence-corrected chi connectivity index (χ3v) is 5.72. The number of nitrogens with zero attached hydrogens (tertiary/aromatic N) is 3. The number of hydrogen-bond acceptors (Lipinski definition) is 4. The molecule has 1 fully saturated rings. The van der Waals surface area contributed by atoms with Gasteiger partial charge in [0.1, 0.15) is 11.7 Å². The summed E-state index contributed by atoms with van der Waals surface area (Å²) < 4.78 is 43.4. The van der Waals surface area contributed by atoms with Gasteiger partial charge in [-0.2, -0.15) is 13.2 Å². The van der Waals surface area contributed by atoms with Crippen molar-refractivity contribution in [2.75, 3.05) is 5.32 Å². The van der Waals surface area contributed by atoms with Gasteiger partial charge in [-0.05, 0) is 31.4 Å². The number of anilines is 1. The van der Waals surface area contributed by atoms with Gasteiger partial charge in [0.05, 0.1) is 0 Å². The van der Waals surface area contributed by atoms with Gasteiger partial charge in [0.2, 0.25) is 0 Å². The maximum absolute atomic E-state index is 14.5. The number of pyridine rings is 1. The number of rotatable bonds is 4. The number of carbonyl (C=O) groups excluding carboxylic acids is 1. The van der Waals surface area contributed by atoms with Crippen molar-refractivity contribution in [3.05, 3.63) is 59.8 Å². The number of benzene rings is 1. The maximum atomic E-state index is 14.5. The minimum Gasteiger partial charge on any atom is -0.330 e. The first-order valence-electron chi connectivity index (χ1n) is 10.1. The highest BCUT2D eigenvalue weighted by molar-refractivity contribution is 6.16. The summed E-state index contributed by atoms with van der Waals surface area (Å²) >= 11 is 0. The van der Waals surface area contributed by atoms with E-state index in [0.29, 0.717) is 24.0 Å². The maximum Gasteiger partial charge on any atom is 0.442 e. The zero-order valence-corrected chi connectivity index (χ0v) is 16.6. The highest BCUT2D eigenvalue weighted by Gasteiger charge is 2.67. The Morgan fingerprint density at radius 3 is 2.40 bits per heavy atom. The van der Waals surface area contributed by atoms with E-state index in [1.54, 1.807) is 49.4 Å². The van der Waals surface area contributed by atoms with Crippen LogP contribution in [0.5, 0.6) is 0 Å². The average Bonchev–Trinajstić information content (AvgIpc) is 3.04. The van der Waals surface area contributed by atoms with Crippen LogP contribution in [0, 0.1) is 6.92 Å². The van der Waals surface area contributed by atoms with E-state index >= 15 is 0 Å². The molecule has 1 aromatic carbocycles. The van der Waals surface area contributed by atoms with E-state index in [4.69, 9.17) is 0 Å². The fraction of sp³-hybridized carbons (Fsp3) is 0.409. The Balaban J connectivity index is 1.85. The third kappa shape index (κ3) is 3.44. The standard InChI is InChI=1S/C22H23F3N4O/c1-15-9-8-14-26-18(15)27-21(22(23,24)25)20(30)29(17-12-6-3-7-13-17)19(28-21)16-10-4-2-5-11-16/h2,4-5,8-11,14,17H,3,6-7,12-13H2,1H3,(H,26,27). The molecule has 5 nitrogen and oxygen atoms in total. The van der Waals surface area contributed by atoms with Crippen molar-refractivity contribution in [1.29, 1.82) is 0 Å². The zero-order chi connectivity index (χ0) is 21.4. The van der Waals surface area contributed by atoms with E-state index in [-0.39, 0.29) is 17.7 Å². The van der Waals surface area contributed by atoms with Crippen LogP contribution in [0.15, 0.2) is 53.7 Å². The molecule has 1 aliphatic carbocycles. The first-order chi connectivity index (χ1) is 14.3. The Labute approximate surface area is 173 Å². The normalized spacial score (nSPS) is 22.9. The van der Waals surface area contributed by atoms with Gasteiger partial charge in [-0.15, -0.1) is 0 Å². The number of aliphatic imine (C=N–C) groups is 1. The second-order valence-electron chi connectivity index (χ2n) is 7.77. The quantitative estimate of drug-likeness (QED) is 0.787. The lowest BCUT2D eigenvalue weighted by atomic mass is 9.93. The minimum atomic E-state index is -4.95. The van der Waals surface area contributed by atoms with Gasteiger partial charge in [-0.25, -0.2) is 9.98 Å². The number of amides is 1. The SMILES string of the molecule is Cc1cccnc1NC1(C(F)(F)F)N=C(c2ccccc2)N(C2CCCCC2)C1=O. The summed E-state index contributed by atoms with van der Waals surface area (Å²) in [5, 5.41) is 2.37. The van der Waals surface area contributed by atoms with Crippen LogP contribution in [-0.2, 0) is 4.79 Å². The molecule has 1 aliphatic heterocycles. The number of hydrogen-bond donors (Lipinski definition) is 1. The van der Waals surface area contributed by atoms with Crippen molar-refractivity contribution in [2.24, 2.45) is 4.99 Å². The third-order valence-electron chi connectivity index (χ3n) is 5.72. The Hall–Kier alpha value is -2.90. The van der Waals surface area contributed by atoms with Crippen LogP contribution in [0.4, 0.5) is 19.0 Å². The molecule has 1 N–H and O–H groups in total. The smallest absolute Gasteiger partial charge is 0.330 e. The summed E-state index contributed by atoms with van der Waals surface area (Å²) in [5.41, 5.74) is -2.11. The lowest BCUT2D eigenvalue weighted by Gasteiger charge is -2.35. The van der Waals surface area contributed by atoms with E-state index in [1.165, 1.54) is 11.1 Å². The molecule has 1 amide bonds. The van der Waals surface area contributed by atoms with Crippen LogP contribution in [0.3, 0.4) is 0 Å². The first-order valence-corrected chi connectivity index (χ1v) is 10.1. The van der Waals surface area contributed by atoms with Gasteiger partial charge in [-0.1, -0.05) is 55.7 Å². The van der Waals surface area contributed by atoms with Gasteiger partial charge in [-0.3, -0.25) is 9.69 Å². The van der Waals surface area contributed by atoms with Crippen LogP contribution in [0.2, 0.25) is 0 Å². The summed E-state index contributed by atoms with van der Waals surface area (Å²) in [6, 6.07) is 11.6. The number of nitrogens with one attached hydrogen (secondary N) is 1. The molecule has 0 spiro atoms. The predicted octanol–water partition coefficient (Wildman–Crippen LogP) is 4.68. The molecule has 0 saturated heterocycles. The van der Waals surface area contributed by atoms with E-state index in [2.05, 4.69) is 15.3 Å². The Morgan fingerprint density at radius 2 is 1.77 bits per heavy atom. The lowest BCUT2D eigenvalue weighted by Crippen LogP contribution is -2.59. The number of alkyl halides is 3. The summed E-state index contributed by atoms with van der Waals surface area (Å²) in [7, 11) is 0. The molecule has 158 valence electrons. The molecule has 2 aliphatic rings. The highest BCUT2D eigenvalue weighted by atomic mass is 19.4. The molecule has 8 heteroatoms. The molecule has 4 rings (SSSR count). The second kappa shape index (κ2) is 7.74. The van der Waals surface area contributed by atoms with Crippen molar-refractivity contribution < 1.29 is 18.0 Å². The van der Waals surface area contributed by atoms with Crippen molar-refractivity contribution >= 4 is 17.6 Å². The van der Waals surface area contributed by atoms with Crippen LogP contribution >= 0.6 is 0 Å². The summed E-state index contributed by atoms with van der Waals surface area (Å²) in [4.78, 5) is 22.8. The van der Waals surface area contributed by atoms with Crippen molar-refractivity contribution in [1.82, 2.24) is 9.88 Å². The molecule has 1 aromatic heterocycles. The first kappa shape index (κ1) is 20.4. The molecule has 1 unspecified atom stereocenters. The number of halogens is 3. The summed E-state index contributed by atoms with van der Waals surface area (Å²) in [6.45, 7) is 1.64. The second-order valence-corrected chi connectivity index (χ2v) is 7.77. The highest BCUT2D eigenvalue weighted by Crippen LogP contribution is 2.42. The summed E-state index contributed by atoms with van der Waals surface area (Å²) in [5.74, 6) is -1.04. The van der Waals surface area contributed by atoms with Gasteiger partial charge in [0.15, 0.2) is 0 Å². The molecule has 1 atom stereocenters. The molecule has 2 heterocycles. The van der Waals surface area contributed by atoms with Gasteiger partial charge in [0, 0.05) is 17.8 Å². The molecular formula is C22H23F3N4O. The van der Waals surface area contributed by atoms with Crippen LogP contribution in [0.25, 0.3) is 0 Å². The fourth-order valence-corrected chi connectivity index (χ4v) is 4.12. The van der Waals surface area contributed by atoms with Gasteiger partial charge >= 0.3 is 11.8 Å². The number of amidine groups is 1. The predicted molar refractivity (Wildman–Crippen MR) is 108 cm³/mol. The monoisotopic (exact) mass is 416 g/mol. The molecule has 1 saturated carbocycles. The zero-order valence-electron chi connectivity index (χ0n) is 16.6. The van der Waals surface area contributed by atoms with Gasteiger partial charge < -0.3 is 5.32 Å². The number of carbonyl (C=O) groups is 1. The van der Waals surface area contributed by atoms with E-state index in [9.17, 15) is 18.0 Å². The Bertz CT molecular complexity index is 954. The van der Waals surface area contributed by atoms with E-state index < -0.39 is 17.7 Å². The topological polar surface area (TPSA) is 57.6 Å². The van der Waals surface area contributed by atoms with E-state index in [0.717, 1.165) is 19.3 Å². The molecule has 2 aromatic rings. The minimum absolute atomic E-state index is 0.00942. The number of aromatic nitrogens is 1. The molecular weight excluding hydrogens is 393 g/mol. The molecule has 0 bridgehead atoms. The molecule has 0 radical (unpaired) electrons. The van der Waals surface area contributed by atoms with Crippen molar-refractivity contribution in [2.45, 2.75) is 56.9 Å².